The number of nitrogens with zero attached hydrogens (tertiary/aromatic N) is 2. The van der Waals surface area contributed by atoms with Gasteiger partial charge < -0.3 is 10.1 Å². The Hall–Kier alpha value is -3.45. The van der Waals surface area contributed by atoms with Crippen LogP contribution in [0.1, 0.15) is 5.56 Å². The van der Waals surface area contributed by atoms with Gasteiger partial charge in [0.15, 0.2) is 0 Å². The van der Waals surface area contributed by atoms with Crippen LogP contribution in [0.3, 0.4) is 0 Å². The first kappa shape index (κ1) is 21.8. The number of methoxy groups -OCH3 is 1. The average Bonchev–Trinajstić information content (AvgIpc) is 2.83. The maximum Gasteiger partial charge on any atom is 0.230 e. The number of nitrogens with one attached hydrogen (secondary N) is 1. The van der Waals surface area contributed by atoms with E-state index in [4.69, 9.17) is 9.72 Å². The highest BCUT2D eigenvalue weighted by atomic mass is 32.2. The Morgan fingerprint density at radius 1 is 1.12 bits per heavy atom. The molecule has 0 aliphatic rings. The lowest BCUT2D eigenvalue weighted by molar-refractivity contribution is -0.118. The average molecular weight is 448 g/mol. The number of rotatable bonds is 8. The summed E-state index contributed by atoms with van der Waals surface area (Å²) in [5.74, 6) is 0.633. The SMILES string of the molecule is COc1ccc2c(-c3cccnc3)cc(SCC(=O)NCCc3ccc(F)cc3)nc2c1. The zero-order chi connectivity index (χ0) is 22.3. The molecule has 4 rings (SSSR count). The fraction of sp³-hybridized carbons (Fsp3) is 0.160. The second-order valence-electron chi connectivity index (χ2n) is 7.15. The van der Waals surface area contributed by atoms with E-state index in [1.54, 1.807) is 25.4 Å². The molecule has 0 bridgehead atoms. The zero-order valence-corrected chi connectivity index (χ0v) is 18.4. The van der Waals surface area contributed by atoms with E-state index < -0.39 is 0 Å². The molecule has 7 heteroatoms. The lowest BCUT2D eigenvalue weighted by Gasteiger charge is -2.11. The van der Waals surface area contributed by atoms with Gasteiger partial charge in [0.25, 0.3) is 0 Å². The van der Waals surface area contributed by atoms with Crippen molar-refractivity contribution in [3.63, 3.8) is 0 Å². The Labute approximate surface area is 190 Å². The first-order valence-corrected chi connectivity index (χ1v) is 11.1. The van der Waals surface area contributed by atoms with Crippen molar-refractivity contribution in [3.8, 4) is 16.9 Å². The smallest absolute Gasteiger partial charge is 0.230 e. The van der Waals surface area contributed by atoms with E-state index in [9.17, 15) is 9.18 Å². The molecule has 0 atom stereocenters. The van der Waals surface area contributed by atoms with Crippen LogP contribution in [-0.2, 0) is 11.2 Å². The van der Waals surface area contributed by atoms with Crippen LogP contribution in [0.5, 0.6) is 5.75 Å². The van der Waals surface area contributed by atoms with Gasteiger partial charge in [-0.2, -0.15) is 0 Å². The summed E-state index contributed by atoms with van der Waals surface area (Å²) in [7, 11) is 1.62. The van der Waals surface area contributed by atoms with Gasteiger partial charge >= 0.3 is 0 Å². The predicted octanol–water partition coefficient (Wildman–Crippen LogP) is 4.90. The van der Waals surface area contributed by atoms with E-state index in [0.29, 0.717) is 13.0 Å². The van der Waals surface area contributed by atoms with Crippen molar-refractivity contribution in [3.05, 3.63) is 84.4 Å². The predicted molar refractivity (Wildman–Crippen MR) is 125 cm³/mol. The van der Waals surface area contributed by atoms with Crippen LogP contribution in [0.4, 0.5) is 4.39 Å². The highest BCUT2D eigenvalue weighted by molar-refractivity contribution is 7.99. The summed E-state index contributed by atoms with van der Waals surface area (Å²) in [6.45, 7) is 0.494. The number of aromatic nitrogens is 2. The molecule has 2 heterocycles. The van der Waals surface area contributed by atoms with E-state index in [1.165, 1.54) is 23.9 Å². The molecule has 0 spiro atoms. The molecule has 0 saturated carbocycles. The highest BCUT2D eigenvalue weighted by Gasteiger charge is 2.11. The van der Waals surface area contributed by atoms with Crippen LogP contribution in [0.2, 0.25) is 0 Å². The van der Waals surface area contributed by atoms with Gasteiger partial charge in [-0.05, 0) is 53.9 Å². The topological polar surface area (TPSA) is 64.1 Å². The van der Waals surface area contributed by atoms with Crippen LogP contribution in [-0.4, -0.2) is 35.3 Å². The van der Waals surface area contributed by atoms with Gasteiger partial charge in [-0.1, -0.05) is 30.0 Å². The third-order valence-electron chi connectivity index (χ3n) is 4.97. The number of benzene rings is 2. The molecule has 162 valence electrons. The molecule has 0 aliphatic heterocycles. The third kappa shape index (κ3) is 5.42. The van der Waals surface area contributed by atoms with E-state index in [1.807, 2.05) is 42.6 Å². The summed E-state index contributed by atoms with van der Waals surface area (Å²) in [5, 5.41) is 4.65. The molecule has 5 nitrogen and oxygen atoms in total. The standard InChI is InChI=1S/C25H22FN3O2S/c1-31-20-8-9-21-22(18-3-2-11-27-15-18)14-25(29-23(21)13-20)32-16-24(30)28-12-10-17-4-6-19(26)7-5-17/h2-9,11,13-15H,10,12,16H2,1H3,(H,28,30). The van der Waals surface area contributed by atoms with Crippen LogP contribution in [0, 0.1) is 5.82 Å². The summed E-state index contributed by atoms with van der Waals surface area (Å²) in [4.78, 5) is 21.3. The van der Waals surface area contributed by atoms with Crippen molar-refractivity contribution in [2.45, 2.75) is 11.4 Å². The maximum absolute atomic E-state index is 13.0. The number of fused-ring (bicyclic) bond motifs is 1. The number of hydrogen-bond acceptors (Lipinski definition) is 5. The molecule has 0 unspecified atom stereocenters. The largest absolute Gasteiger partial charge is 0.497 e. The van der Waals surface area contributed by atoms with Gasteiger partial charge in [-0.25, -0.2) is 9.37 Å². The maximum atomic E-state index is 13.0. The minimum Gasteiger partial charge on any atom is -0.497 e. The van der Waals surface area contributed by atoms with Crippen molar-refractivity contribution >= 4 is 28.6 Å². The number of ether oxygens (including phenoxy) is 1. The number of carbonyl (C=O) groups excluding carboxylic acids is 1. The quantitative estimate of drug-likeness (QED) is 0.390. The van der Waals surface area contributed by atoms with E-state index >= 15 is 0 Å². The number of thioether (sulfide) groups is 1. The van der Waals surface area contributed by atoms with Gasteiger partial charge in [0.2, 0.25) is 5.91 Å². The Kier molecular flexibility index (Phi) is 6.97. The molecular formula is C25H22FN3O2S. The summed E-state index contributed by atoms with van der Waals surface area (Å²) < 4.78 is 18.3. The Morgan fingerprint density at radius 2 is 1.97 bits per heavy atom. The van der Waals surface area contributed by atoms with Crippen molar-refractivity contribution in [2.75, 3.05) is 19.4 Å². The Balaban J connectivity index is 1.46. The first-order chi connectivity index (χ1) is 15.6. The van der Waals surface area contributed by atoms with Crippen LogP contribution >= 0.6 is 11.8 Å². The van der Waals surface area contributed by atoms with Gasteiger partial charge in [0.1, 0.15) is 11.6 Å². The normalized spacial score (nSPS) is 10.8. The third-order valence-corrected chi connectivity index (χ3v) is 5.88. The summed E-state index contributed by atoms with van der Waals surface area (Å²) in [6, 6.07) is 18.0. The van der Waals surface area contributed by atoms with Gasteiger partial charge in [0, 0.05) is 36.0 Å². The van der Waals surface area contributed by atoms with Crippen LogP contribution < -0.4 is 10.1 Å². The Bertz CT molecular complexity index is 1220. The van der Waals surface area contributed by atoms with Crippen molar-refractivity contribution in [1.82, 2.24) is 15.3 Å². The highest BCUT2D eigenvalue weighted by Crippen LogP contribution is 2.33. The molecule has 0 fully saturated rings. The van der Waals surface area contributed by atoms with Crippen LogP contribution in [0.25, 0.3) is 22.0 Å². The number of amides is 1. The van der Waals surface area contributed by atoms with E-state index in [-0.39, 0.29) is 17.5 Å². The molecule has 0 saturated heterocycles. The second-order valence-corrected chi connectivity index (χ2v) is 8.14. The van der Waals surface area contributed by atoms with Crippen molar-refractivity contribution < 1.29 is 13.9 Å². The van der Waals surface area contributed by atoms with Gasteiger partial charge in [-0.3, -0.25) is 9.78 Å². The molecule has 1 amide bonds. The van der Waals surface area contributed by atoms with Crippen molar-refractivity contribution in [1.29, 1.82) is 0 Å². The molecule has 2 aromatic heterocycles. The lowest BCUT2D eigenvalue weighted by Crippen LogP contribution is -2.27. The fourth-order valence-corrected chi connectivity index (χ4v) is 4.08. The molecule has 1 N–H and O–H groups in total. The molecule has 4 aromatic rings. The number of carbonyl (C=O) groups is 1. The van der Waals surface area contributed by atoms with E-state index in [0.717, 1.165) is 38.4 Å². The molecule has 0 aliphatic carbocycles. The van der Waals surface area contributed by atoms with Crippen molar-refractivity contribution in [2.24, 2.45) is 0 Å². The van der Waals surface area contributed by atoms with E-state index in [2.05, 4.69) is 10.3 Å². The fourth-order valence-electron chi connectivity index (χ4n) is 3.33. The molecular weight excluding hydrogens is 425 g/mol. The zero-order valence-electron chi connectivity index (χ0n) is 17.5. The molecule has 0 radical (unpaired) electrons. The number of halogens is 1. The van der Waals surface area contributed by atoms with Crippen LogP contribution in [0.15, 0.2) is 78.1 Å². The first-order valence-electron chi connectivity index (χ1n) is 10.2. The molecule has 32 heavy (non-hydrogen) atoms. The summed E-state index contributed by atoms with van der Waals surface area (Å²) in [5.41, 5.74) is 3.76. The lowest BCUT2D eigenvalue weighted by atomic mass is 10.0. The summed E-state index contributed by atoms with van der Waals surface area (Å²) in [6.07, 6.45) is 4.20. The minimum atomic E-state index is -0.264. The van der Waals surface area contributed by atoms with Gasteiger partial charge in [-0.15, -0.1) is 0 Å². The number of pyridine rings is 2. The minimum absolute atomic E-state index is 0.0763. The second kappa shape index (κ2) is 10.2. The Morgan fingerprint density at radius 3 is 2.72 bits per heavy atom. The summed E-state index contributed by atoms with van der Waals surface area (Å²) >= 11 is 1.38. The monoisotopic (exact) mass is 447 g/mol. The van der Waals surface area contributed by atoms with Gasteiger partial charge in [0.05, 0.1) is 23.4 Å². The molecule has 2 aromatic carbocycles. The number of hydrogen-bond donors (Lipinski definition) is 1.